The van der Waals surface area contributed by atoms with Crippen LogP contribution in [0.1, 0.15) is 37.6 Å². The topological polar surface area (TPSA) is 12.0 Å². The minimum Gasteiger partial charge on any atom is -0.309 e. The molecule has 0 amide bonds. The van der Waals surface area contributed by atoms with Gasteiger partial charge in [0.15, 0.2) is 0 Å². The molecular weight excluding hydrogens is 222 g/mol. The zero-order valence-electron chi connectivity index (χ0n) is 9.66. The lowest BCUT2D eigenvalue weighted by atomic mass is 10.2. The Kier molecular flexibility index (Phi) is 7.14. The highest BCUT2D eigenvalue weighted by molar-refractivity contribution is 7.99. The Balaban J connectivity index is 2.39. The molecule has 3 heteroatoms. The van der Waals surface area contributed by atoms with E-state index in [2.05, 4.69) is 48.4 Å². The summed E-state index contributed by atoms with van der Waals surface area (Å²) in [6, 6.07) is 4.94. The van der Waals surface area contributed by atoms with Crippen LogP contribution in [0.5, 0.6) is 0 Å². The number of rotatable bonds is 8. The zero-order chi connectivity index (χ0) is 10.9. The summed E-state index contributed by atoms with van der Waals surface area (Å²) < 4.78 is 0. The van der Waals surface area contributed by atoms with Crippen LogP contribution in [0.3, 0.4) is 0 Å². The monoisotopic (exact) mass is 243 g/mol. The molecular formula is C12H21NS2. The molecule has 0 saturated heterocycles. The second kappa shape index (κ2) is 8.20. The molecule has 1 nitrogen and oxygen atoms in total. The van der Waals surface area contributed by atoms with Crippen LogP contribution in [0.25, 0.3) is 0 Å². The molecule has 0 saturated carbocycles. The molecule has 0 spiro atoms. The van der Waals surface area contributed by atoms with Gasteiger partial charge in [-0.3, -0.25) is 0 Å². The molecule has 0 aliphatic rings. The quantitative estimate of drug-likeness (QED) is 0.694. The molecule has 1 aromatic rings. The number of hydrogen-bond acceptors (Lipinski definition) is 3. The average molecular weight is 243 g/mol. The van der Waals surface area contributed by atoms with Crippen molar-refractivity contribution in [2.24, 2.45) is 0 Å². The van der Waals surface area contributed by atoms with Gasteiger partial charge in [0.05, 0.1) is 6.04 Å². The van der Waals surface area contributed by atoms with E-state index in [0.717, 1.165) is 6.54 Å². The first-order valence-corrected chi connectivity index (χ1v) is 7.76. The summed E-state index contributed by atoms with van der Waals surface area (Å²) in [5.41, 5.74) is 0. The van der Waals surface area contributed by atoms with E-state index in [1.165, 1.54) is 29.2 Å². The van der Waals surface area contributed by atoms with Crippen LogP contribution in [0.15, 0.2) is 17.5 Å². The Labute approximate surface area is 102 Å². The zero-order valence-corrected chi connectivity index (χ0v) is 11.3. The van der Waals surface area contributed by atoms with E-state index in [9.17, 15) is 0 Å². The summed E-state index contributed by atoms with van der Waals surface area (Å²) in [5.74, 6) is 2.48. The van der Waals surface area contributed by atoms with E-state index >= 15 is 0 Å². The minimum atomic E-state index is 0.557. The van der Waals surface area contributed by atoms with Crippen LogP contribution in [0.2, 0.25) is 0 Å². The highest BCUT2D eigenvalue weighted by Crippen LogP contribution is 2.23. The summed E-state index contributed by atoms with van der Waals surface area (Å²) in [4.78, 5) is 1.48. The highest BCUT2D eigenvalue weighted by Gasteiger charge is 2.10. The second-order valence-electron chi connectivity index (χ2n) is 3.60. The maximum Gasteiger partial charge on any atom is 0.0506 e. The summed E-state index contributed by atoms with van der Waals surface area (Å²) in [6.45, 7) is 5.58. The number of thioether (sulfide) groups is 1. The first kappa shape index (κ1) is 13.1. The fraction of sp³-hybridized carbons (Fsp3) is 0.667. The number of thiophene rings is 1. The normalized spacial score (nSPS) is 12.9. The Morgan fingerprint density at radius 2 is 2.27 bits per heavy atom. The molecule has 86 valence electrons. The van der Waals surface area contributed by atoms with Gasteiger partial charge >= 0.3 is 0 Å². The number of nitrogens with one attached hydrogen (secondary N) is 1. The molecule has 1 N–H and O–H groups in total. The van der Waals surface area contributed by atoms with E-state index in [1.807, 2.05) is 11.3 Å². The third kappa shape index (κ3) is 5.05. The highest BCUT2D eigenvalue weighted by atomic mass is 32.2. The van der Waals surface area contributed by atoms with Crippen molar-refractivity contribution < 1.29 is 0 Å². The average Bonchev–Trinajstić information content (AvgIpc) is 2.76. The van der Waals surface area contributed by atoms with Crippen LogP contribution in [0, 0.1) is 0 Å². The van der Waals surface area contributed by atoms with Crippen molar-refractivity contribution in [3.05, 3.63) is 22.4 Å². The van der Waals surface area contributed by atoms with Gasteiger partial charge in [-0.1, -0.05) is 19.9 Å². The van der Waals surface area contributed by atoms with E-state index in [1.54, 1.807) is 0 Å². The molecule has 1 rings (SSSR count). The third-order valence-electron chi connectivity index (χ3n) is 2.16. The van der Waals surface area contributed by atoms with E-state index in [-0.39, 0.29) is 0 Å². The van der Waals surface area contributed by atoms with Crippen LogP contribution in [-0.2, 0) is 0 Å². The first-order chi connectivity index (χ1) is 7.38. The van der Waals surface area contributed by atoms with Crippen LogP contribution in [-0.4, -0.2) is 18.1 Å². The van der Waals surface area contributed by atoms with Gasteiger partial charge in [-0.2, -0.15) is 11.8 Å². The second-order valence-corrected chi connectivity index (χ2v) is 5.73. The summed E-state index contributed by atoms with van der Waals surface area (Å²) in [5, 5.41) is 5.79. The predicted octanol–water partition coefficient (Wildman–Crippen LogP) is 3.93. The van der Waals surface area contributed by atoms with Crippen LogP contribution >= 0.6 is 23.1 Å². The van der Waals surface area contributed by atoms with Crippen molar-refractivity contribution >= 4 is 23.1 Å². The van der Waals surface area contributed by atoms with E-state index in [4.69, 9.17) is 0 Å². The van der Waals surface area contributed by atoms with Gasteiger partial charge in [0, 0.05) is 10.6 Å². The lowest BCUT2D eigenvalue weighted by molar-refractivity contribution is 0.585. The van der Waals surface area contributed by atoms with E-state index < -0.39 is 0 Å². The smallest absolute Gasteiger partial charge is 0.0506 e. The van der Waals surface area contributed by atoms with Crippen molar-refractivity contribution in [3.63, 3.8) is 0 Å². The van der Waals surface area contributed by atoms with Gasteiger partial charge in [0.1, 0.15) is 0 Å². The summed E-state index contributed by atoms with van der Waals surface area (Å²) in [6.07, 6.45) is 2.48. The van der Waals surface area contributed by atoms with Crippen LogP contribution < -0.4 is 5.32 Å². The lowest BCUT2D eigenvalue weighted by Crippen LogP contribution is -2.23. The van der Waals surface area contributed by atoms with E-state index in [0.29, 0.717) is 6.04 Å². The Morgan fingerprint density at radius 3 is 2.87 bits per heavy atom. The largest absolute Gasteiger partial charge is 0.309 e. The molecule has 0 aromatic carbocycles. The van der Waals surface area contributed by atoms with Gasteiger partial charge in [-0.05, 0) is 36.6 Å². The molecule has 0 aliphatic carbocycles. The molecule has 0 radical (unpaired) electrons. The Morgan fingerprint density at radius 1 is 1.40 bits per heavy atom. The first-order valence-electron chi connectivity index (χ1n) is 5.73. The number of hydrogen-bond donors (Lipinski definition) is 1. The molecule has 0 fully saturated rings. The Hall–Kier alpha value is 0.01000. The molecule has 1 unspecified atom stereocenters. The van der Waals surface area contributed by atoms with Crippen molar-refractivity contribution in [1.29, 1.82) is 0 Å². The van der Waals surface area contributed by atoms with Crippen molar-refractivity contribution in [2.45, 2.75) is 32.7 Å². The molecule has 0 bridgehead atoms. The lowest BCUT2D eigenvalue weighted by Gasteiger charge is -2.16. The van der Waals surface area contributed by atoms with Crippen molar-refractivity contribution in [1.82, 2.24) is 5.32 Å². The fourth-order valence-corrected chi connectivity index (χ4v) is 3.29. The van der Waals surface area contributed by atoms with Crippen molar-refractivity contribution in [3.8, 4) is 0 Å². The van der Waals surface area contributed by atoms with Gasteiger partial charge in [0.2, 0.25) is 0 Å². The maximum atomic E-state index is 3.62. The minimum absolute atomic E-state index is 0.557. The van der Waals surface area contributed by atoms with Gasteiger partial charge < -0.3 is 5.32 Å². The summed E-state index contributed by atoms with van der Waals surface area (Å²) in [7, 11) is 0. The SMILES string of the molecule is CCCNC(CSCCC)c1cccs1. The molecule has 1 heterocycles. The molecule has 0 aliphatic heterocycles. The van der Waals surface area contributed by atoms with Gasteiger partial charge in [-0.15, -0.1) is 11.3 Å². The molecule has 1 aromatic heterocycles. The third-order valence-corrected chi connectivity index (χ3v) is 4.41. The van der Waals surface area contributed by atoms with Crippen molar-refractivity contribution in [2.75, 3.05) is 18.1 Å². The maximum absolute atomic E-state index is 3.62. The standard InChI is InChI=1S/C12H21NS2/c1-3-7-13-11(10-14-8-4-2)12-6-5-9-15-12/h5-6,9,11,13H,3-4,7-8,10H2,1-2H3. The van der Waals surface area contributed by atoms with Gasteiger partial charge in [0.25, 0.3) is 0 Å². The van der Waals surface area contributed by atoms with Crippen LogP contribution in [0.4, 0.5) is 0 Å². The summed E-state index contributed by atoms with van der Waals surface area (Å²) >= 11 is 3.92. The Bertz CT molecular complexity index is 234. The molecule has 1 atom stereocenters. The van der Waals surface area contributed by atoms with Gasteiger partial charge in [-0.25, -0.2) is 0 Å². The fourth-order valence-electron chi connectivity index (χ4n) is 1.40. The predicted molar refractivity (Wildman–Crippen MR) is 73.0 cm³/mol. The molecule has 15 heavy (non-hydrogen) atoms.